The van der Waals surface area contributed by atoms with Crippen LogP contribution in [0.3, 0.4) is 0 Å². The Bertz CT molecular complexity index is 891. The van der Waals surface area contributed by atoms with Crippen LogP contribution in [0.5, 0.6) is 0 Å². The molecule has 0 spiro atoms. The molecule has 0 saturated heterocycles. The van der Waals surface area contributed by atoms with E-state index < -0.39 is 0 Å². The Balaban J connectivity index is 1.89. The van der Waals surface area contributed by atoms with Crippen LogP contribution in [-0.4, -0.2) is 18.2 Å². The zero-order valence-electron chi connectivity index (χ0n) is 18.1. The van der Waals surface area contributed by atoms with Crippen molar-refractivity contribution in [2.45, 2.75) is 33.0 Å². The number of allylic oxidation sites excluding steroid dienone is 1. The zero-order valence-corrected chi connectivity index (χ0v) is 18.1. The van der Waals surface area contributed by atoms with Crippen molar-refractivity contribution in [2.75, 3.05) is 13.3 Å². The minimum absolute atomic E-state index is 0.0194. The molecular weight excluding hydrogens is 368 g/mol. The van der Waals surface area contributed by atoms with Crippen LogP contribution in [0, 0.1) is 0 Å². The van der Waals surface area contributed by atoms with Crippen molar-refractivity contribution in [1.29, 1.82) is 0 Å². The van der Waals surface area contributed by atoms with Gasteiger partial charge in [0.1, 0.15) is 12.9 Å². The quantitative estimate of drug-likeness (QED) is 0.379. The Kier molecular flexibility index (Phi) is 8.25. The van der Waals surface area contributed by atoms with Crippen molar-refractivity contribution in [2.24, 2.45) is 0 Å². The fourth-order valence-corrected chi connectivity index (χ4v) is 3.41. The summed E-state index contributed by atoms with van der Waals surface area (Å²) in [6, 6.07) is 29.8. The molecule has 0 radical (unpaired) electrons. The highest BCUT2D eigenvalue weighted by molar-refractivity contribution is 5.63. The lowest BCUT2D eigenvalue weighted by Gasteiger charge is -2.33. The second kappa shape index (κ2) is 11.3. The van der Waals surface area contributed by atoms with E-state index in [1.807, 2.05) is 19.1 Å². The predicted octanol–water partition coefficient (Wildman–Crippen LogP) is 6.36. The van der Waals surface area contributed by atoms with Gasteiger partial charge in [0.15, 0.2) is 0 Å². The summed E-state index contributed by atoms with van der Waals surface area (Å²) in [7, 11) is 0. The first kappa shape index (κ1) is 21.8. The molecule has 3 aromatic rings. The average molecular weight is 401 g/mol. The van der Waals surface area contributed by atoms with E-state index in [4.69, 9.17) is 4.74 Å². The van der Waals surface area contributed by atoms with Crippen molar-refractivity contribution < 1.29 is 4.74 Å². The van der Waals surface area contributed by atoms with Crippen molar-refractivity contribution >= 4 is 0 Å². The zero-order chi connectivity index (χ0) is 21.2. The van der Waals surface area contributed by atoms with Gasteiger partial charge in [0.05, 0.1) is 0 Å². The maximum absolute atomic E-state index is 5.83. The molecule has 156 valence electrons. The molecule has 1 atom stereocenters. The predicted molar refractivity (Wildman–Crippen MR) is 126 cm³/mol. The van der Waals surface area contributed by atoms with Crippen LogP contribution < -0.4 is 5.32 Å². The van der Waals surface area contributed by atoms with Gasteiger partial charge in [0.2, 0.25) is 0 Å². The summed E-state index contributed by atoms with van der Waals surface area (Å²) in [5, 5.41) is 3.62. The lowest BCUT2D eigenvalue weighted by molar-refractivity contribution is -0.00275. The van der Waals surface area contributed by atoms with Gasteiger partial charge in [-0.3, -0.25) is 4.90 Å². The van der Waals surface area contributed by atoms with E-state index in [0.717, 1.165) is 18.7 Å². The Morgan fingerprint density at radius 2 is 1.47 bits per heavy atom. The third-order valence-corrected chi connectivity index (χ3v) is 5.16. The minimum Gasteiger partial charge on any atom is -0.370 e. The van der Waals surface area contributed by atoms with E-state index >= 15 is 0 Å². The third-order valence-electron chi connectivity index (χ3n) is 5.16. The van der Waals surface area contributed by atoms with Gasteiger partial charge in [-0.1, -0.05) is 98.4 Å². The Hall–Kier alpha value is -2.88. The normalized spacial score (nSPS) is 12.0. The highest BCUT2D eigenvalue weighted by Gasteiger charge is 2.21. The Morgan fingerprint density at radius 3 is 2.07 bits per heavy atom. The Morgan fingerprint density at radius 1 is 0.867 bits per heavy atom. The van der Waals surface area contributed by atoms with E-state index in [2.05, 4.69) is 96.5 Å². The first-order chi connectivity index (χ1) is 14.7. The molecule has 0 aliphatic heterocycles. The molecule has 3 nitrogen and oxygen atoms in total. The summed E-state index contributed by atoms with van der Waals surface area (Å²) in [6.07, 6.45) is 0.862. The number of hydrogen-bond donors (Lipinski definition) is 1. The smallest absolute Gasteiger partial charge is 0.108 e. The summed E-state index contributed by atoms with van der Waals surface area (Å²) in [5.74, 6) is 0. The second-order valence-electron chi connectivity index (χ2n) is 7.35. The molecule has 1 unspecified atom stereocenters. The SMILES string of the molecule is C=C(CC)NC(c1ccc(-c2ccccc2)cc1)N(COCC)Cc1ccccc1. The molecule has 0 saturated carbocycles. The molecule has 0 amide bonds. The van der Waals surface area contributed by atoms with Crippen LogP contribution in [0.25, 0.3) is 11.1 Å². The summed E-state index contributed by atoms with van der Waals surface area (Å²) in [5.41, 5.74) is 5.91. The first-order valence-electron chi connectivity index (χ1n) is 10.7. The van der Waals surface area contributed by atoms with E-state index in [1.54, 1.807) is 0 Å². The van der Waals surface area contributed by atoms with Crippen molar-refractivity contribution in [3.63, 3.8) is 0 Å². The van der Waals surface area contributed by atoms with Gasteiger partial charge in [0.25, 0.3) is 0 Å². The average Bonchev–Trinajstić information content (AvgIpc) is 2.81. The first-order valence-corrected chi connectivity index (χ1v) is 10.7. The van der Waals surface area contributed by atoms with E-state index in [1.165, 1.54) is 22.3 Å². The summed E-state index contributed by atoms with van der Waals surface area (Å²) >= 11 is 0. The molecular formula is C27H32N2O. The molecule has 0 bridgehead atoms. The fraction of sp³-hybridized carbons (Fsp3) is 0.259. The van der Waals surface area contributed by atoms with Crippen LogP contribution in [0.4, 0.5) is 0 Å². The maximum Gasteiger partial charge on any atom is 0.108 e. The van der Waals surface area contributed by atoms with Gasteiger partial charge in [-0.25, -0.2) is 0 Å². The summed E-state index contributed by atoms with van der Waals surface area (Å²) in [6.45, 7) is 10.4. The van der Waals surface area contributed by atoms with Crippen molar-refractivity contribution in [3.8, 4) is 11.1 Å². The minimum atomic E-state index is -0.0194. The molecule has 30 heavy (non-hydrogen) atoms. The van der Waals surface area contributed by atoms with Crippen LogP contribution in [0.1, 0.15) is 37.6 Å². The molecule has 0 fully saturated rings. The molecule has 3 heteroatoms. The molecule has 3 aromatic carbocycles. The topological polar surface area (TPSA) is 24.5 Å². The van der Waals surface area contributed by atoms with E-state index in [-0.39, 0.29) is 6.17 Å². The lowest BCUT2D eigenvalue weighted by atomic mass is 10.0. The lowest BCUT2D eigenvalue weighted by Crippen LogP contribution is -2.39. The summed E-state index contributed by atoms with van der Waals surface area (Å²) < 4.78 is 5.83. The molecule has 0 aliphatic carbocycles. The van der Waals surface area contributed by atoms with E-state index in [9.17, 15) is 0 Å². The van der Waals surface area contributed by atoms with Gasteiger partial charge >= 0.3 is 0 Å². The Labute approximate surface area is 181 Å². The summed E-state index contributed by atoms with van der Waals surface area (Å²) in [4.78, 5) is 2.32. The highest BCUT2D eigenvalue weighted by Crippen LogP contribution is 2.26. The highest BCUT2D eigenvalue weighted by atomic mass is 16.5. The van der Waals surface area contributed by atoms with Gasteiger partial charge in [-0.05, 0) is 35.6 Å². The molecule has 1 N–H and O–H groups in total. The van der Waals surface area contributed by atoms with Crippen molar-refractivity contribution in [3.05, 3.63) is 108 Å². The maximum atomic E-state index is 5.83. The molecule has 0 heterocycles. The molecule has 0 aromatic heterocycles. The van der Waals surface area contributed by atoms with Crippen LogP contribution >= 0.6 is 0 Å². The van der Waals surface area contributed by atoms with Crippen LogP contribution in [0.15, 0.2) is 97.2 Å². The standard InChI is InChI=1S/C27H32N2O/c1-4-22(3)28-27(29(21-30-5-2)20-23-12-8-6-9-13-23)26-18-16-25(17-19-26)24-14-10-7-11-15-24/h6-19,27-28H,3-5,20-21H2,1-2H3. The van der Waals surface area contributed by atoms with Gasteiger partial charge < -0.3 is 10.1 Å². The number of hydrogen-bond acceptors (Lipinski definition) is 3. The van der Waals surface area contributed by atoms with Crippen LogP contribution in [0.2, 0.25) is 0 Å². The van der Waals surface area contributed by atoms with Gasteiger partial charge in [0, 0.05) is 18.8 Å². The monoisotopic (exact) mass is 400 g/mol. The number of nitrogens with one attached hydrogen (secondary N) is 1. The van der Waals surface area contributed by atoms with Crippen LogP contribution in [-0.2, 0) is 11.3 Å². The third kappa shape index (κ3) is 6.06. The number of nitrogens with zero attached hydrogens (tertiary/aromatic N) is 1. The molecule has 3 rings (SSSR count). The number of benzene rings is 3. The second-order valence-corrected chi connectivity index (χ2v) is 7.35. The molecule has 0 aliphatic rings. The largest absolute Gasteiger partial charge is 0.370 e. The fourth-order valence-electron chi connectivity index (χ4n) is 3.41. The van der Waals surface area contributed by atoms with E-state index in [0.29, 0.717) is 13.3 Å². The van der Waals surface area contributed by atoms with Crippen molar-refractivity contribution in [1.82, 2.24) is 10.2 Å². The van der Waals surface area contributed by atoms with Gasteiger partial charge in [-0.2, -0.15) is 0 Å². The van der Waals surface area contributed by atoms with Gasteiger partial charge in [-0.15, -0.1) is 0 Å². The number of ether oxygens (including phenoxy) is 1. The number of rotatable bonds is 11.